The molecular formula is C12H5BrClF3OS. The highest BCUT2D eigenvalue weighted by atomic mass is 79.9. The number of rotatable bonds is 2. The quantitative estimate of drug-likeness (QED) is 0.647. The van der Waals surface area contributed by atoms with E-state index in [0.717, 1.165) is 23.5 Å². The monoisotopic (exact) mass is 368 g/mol. The minimum Gasteiger partial charge on any atom is -0.288 e. The molecule has 0 aliphatic heterocycles. The second-order valence-corrected chi connectivity index (χ2v) is 6.38. The van der Waals surface area contributed by atoms with E-state index in [4.69, 9.17) is 11.6 Å². The number of halogens is 5. The van der Waals surface area contributed by atoms with Gasteiger partial charge in [0.2, 0.25) is 5.78 Å². The average Bonchev–Trinajstić information content (AvgIpc) is 2.68. The van der Waals surface area contributed by atoms with Crippen molar-refractivity contribution in [2.24, 2.45) is 0 Å². The summed E-state index contributed by atoms with van der Waals surface area (Å²) in [4.78, 5) is 12.3. The van der Waals surface area contributed by atoms with Crippen molar-refractivity contribution in [3.8, 4) is 0 Å². The number of carbonyl (C=O) groups excluding carboxylic acids is 1. The SMILES string of the molecule is O=C(c1cc(Cl)c(Br)s1)c1ccccc1C(F)(F)F. The Morgan fingerprint density at radius 1 is 1.26 bits per heavy atom. The van der Waals surface area contributed by atoms with E-state index in [1.165, 1.54) is 18.2 Å². The largest absolute Gasteiger partial charge is 0.417 e. The number of carbonyl (C=O) groups is 1. The van der Waals surface area contributed by atoms with Crippen molar-refractivity contribution >= 4 is 44.7 Å². The Labute approximate surface area is 124 Å². The molecule has 19 heavy (non-hydrogen) atoms. The predicted octanol–water partition coefficient (Wildman–Crippen LogP) is 5.41. The third-order valence-electron chi connectivity index (χ3n) is 2.35. The van der Waals surface area contributed by atoms with Crippen LogP contribution in [0.25, 0.3) is 0 Å². The van der Waals surface area contributed by atoms with Gasteiger partial charge in [0.25, 0.3) is 0 Å². The van der Waals surface area contributed by atoms with Crippen LogP contribution in [0.4, 0.5) is 13.2 Å². The smallest absolute Gasteiger partial charge is 0.288 e. The first-order valence-corrected chi connectivity index (χ1v) is 6.95. The van der Waals surface area contributed by atoms with Crippen LogP contribution in [-0.4, -0.2) is 5.78 Å². The van der Waals surface area contributed by atoms with E-state index in [1.54, 1.807) is 0 Å². The zero-order valence-corrected chi connectivity index (χ0v) is 12.3. The predicted molar refractivity (Wildman–Crippen MR) is 71.9 cm³/mol. The minimum absolute atomic E-state index is 0.161. The molecule has 1 nitrogen and oxygen atoms in total. The second kappa shape index (κ2) is 5.26. The zero-order valence-electron chi connectivity index (χ0n) is 9.09. The molecule has 0 bridgehead atoms. The van der Waals surface area contributed by atoms with E-state index in [2.05, 4.69) is 15.9 Å². The average molecular weight is 370 g/mol. The van der Waals surface area contributed by atoms with Crippen molar-refractivity contribution in [3.05, 3.63) is 55.1 Å². The van der Waals surface area contributed by atoms with E-state index in [9.17, 15) is 18.0 Å². The molecule has 0 saturated heterocycles. The van der Waals surface area contributed by atoms with E-state index >= 15 is 0 Å². The molecule has 7 heteroatoms. The van der Waals surface area contributed by atoms with Gasteiger partial charge in [-0.1, -0.05) is 29.8 Å². The molecular weight excluding hydrogens is 365 g/mol. The van der Waals surface area contributed by atoms with Gasteiger partial charge in [0.05, 0.1) is 19.2 Å². The van der Waals surface area contributed by atoms with E-state index in [1.807, 2.05) is 0 Å². The first-order chi connectivity index (χ1) is 8.80. The Hall–Kier alpha value is -0.850. The Balaban J connectivity index is 2.51. The molecule has 100 valence electrons. The highest BCUT2D eigenvalue weighted by Crippen LogP contribution is 2.36. The van der Waals surface area contributed by atoms with Crippen LogP contribution in [0.5, 0.6) is 0 Å². The maximum atomic E-state index is 12.8. The second-order valence-electron chi connectivity index (χ2n) is 3.60. The fourth-order valence-corrected chi connectivity index (χ4v) is 3.18. The summed E-state index contributed by atoms with van der Waals surface area (Å²) in [5.74, 6) is -0.689. The van der Waals surface area contributed by atoms with Crippen LogP contribution < -0.4 is 0 Å². The van der Waals surface area contributed by atoms with Gasteiger partial charge < -0.3 is 0 Å². The van der Waals surface area contributed by atoms with Gasteiger partial charge in [-0.2, -0.15) is 13.2 Å². The first kappa shape index (κ1) is 14.6. The zero-order chi connectivity index (χ0) is 14.2. The number of ketones is 1. The van der Waals surface area contributed by atoms with Crippen molar-refractivity contribution in [2.45, 2.75) is 6.18 Å². The molecule has 0 N–H and O–H groups in total. The standard InChI is InChI=1S/C12H5BrClF3OS/c13-11-8(14)5-9(19-11)10(18)6-3-1-2-4-7(6)12(15,16)17/h1-5H. The maximum absolute atomic E-state index is 12.8. The molecule has 2 aromatic rings. The first-order valence-electron chi connectivity index (χ1n) is 4.96. The van der Waals surface area contributed by atoms with Crippen molar-refractivity contribution in [1.82, 2.24) is 0 Å². The van der Waals surface area contributed by atoms with Gasteiger partial charge in [-0.05, 0) is 28.1 Å². The van der Waals surface area contributed by atoms with Gasteiger partial charge in [-0.3, -0.25) is 4.79 Å². The van der Waals surface area contributed by atoms with Gasteiger partial charge in [0.15, 0.2) is 0 Å². The Bertz CT molecular complexity index is 617. The van der Waals surface area contributed by atoms with Gasteiger partial charge in [-0.25, -0.2) is 0 Å². The fourth-order valence-electron chi connectivity index (χ4n) is 1.52. The van der Waals surface area contributed by atoms with Crippen LogP contribution in [0.3, 0.4) is 0 Å². The summed E-state index contributed by atoms with van der Waals surface area (Å²) >= 11 is 9.91. The Morgan fingerprint density at radius 3 is 2.42 bits per heavy atom. The van der Waals surface area contributed by atoms with Crippen molar-refractivity contribution < 1.29 is 18.0 Å². The van der Waals surface area contributed by atoms with E-state index in [-0.39, 0.29) is 10.4 Å². The van der Waals surface area contributed by atoms with E-state index < -0.39 is 17.5 Å². The summed E-state index contributed by atoms with van der Waals surface area (Å²) in [6, 6.07) is 6.04. The number of hydrogen-bond donors (Lipinski definition) is 0. The summed E-state index contributed by atoms with van der Waals surface area (Å²) in [7, 11) is 0. The molecule has 0 aliphatic rings. The van der Waals surface area contributed by atoms with Crippen LogP contribution in [0.2, 0.25) is 5.02 Å². The number of hydrogen-bond acceptors (Lipinski definition) is 2. The van der Waals surface area contributed by atoms with Crippen LogP contribution in [0.1, 0.15) is 20.8 Å². The molecule has 1 aromatic carbocycles. The number of alkyl halides is 3. The highest BCUT2D eigenvalue weighted by Gasteiger charge is 2.35. The van der Waals surface area contributed by atoms with Gasteiger partial charge in [0.1, 0.15) is 0 Å². The number of thiophene rings is 1. The molecule has 2 rings (SSSR count). The highest BCUT2D eigenvalue weighted by molar-refractivity contribution is 9.11. The molecule has 0 saturated carbocycles. The summed E-state index contributed by atoms with van der Waals surface area (Å²) in [6.07, 6.45) is -4.56. The van der Waals surface area contributed by atoms with Crippen LogP contribution in [0, 0.1) is 0 Å². The lowest BCUT2D eigenvalue weighted by molar-refractivity contribution is -0.137. The molecule has 0 spiro atoms. The molecule has 1 heterocycles. The van der Waals surface area contributed by atoms with Crippen LogP contribution >= 0.6 is 38.9 Å². The van der Waals surface area contributed by atoms with E-state index in [0.29, 0.717) is 8.81 Å². The third kappa shape index (κ3) is 3.01. The lowest BCUT2D eigenvalue weighted by Crippen LogP contribution is -2.12. The fraction of sp³-hybridized carbons (Fsp3) is 0.0833. The summed E-state index contributed by atoms with van der Waals surface area (Å²) in [6.45, 7) is 0. The van der Waals surface area contributed by atoms with Crippen molar-refractivity contribution in [1.29, 1.82) is 0 Å². The Morgan fingerprint density at radius 2 is 1.89 bits per heavy atom. The van der Waals surface area contributed by atoms with Gasteiger partial charge >= 0.3 is 6.18 Å². The summed E-state index contributed by atoms with van der Waals surface area (Å²) in [5, 5.41) is 0.304. The van der Waals surface area contributed by atoms with Crippen molar-refractivity contribution in [3.63, 3.8) is 0 Å². The molecule has 1 aromatic heterocycles. The lowest BCUT2D eigenvalue weighted by Gasteiger charge is -2.10. The molecule has 0 radical (unpaired) electrons. The van der Waals surface area contributed by atoms with Crippen molar-refractivity contribution in [2.75, 3.05) is 0 Å². The Kier molecular flexibility index (Phi) is 4.03. The molecule has 0 aliphatic carbocycles. The normalized spacial score (nSPS) is 11.6. The topological polar surface area (TPSA) is 17.1 Å². The van der Waals surface area contributed by atoms with Crippen LogP contribution in [0.15, 0.2) is 34.1 Å². The molecule has 0 atom stereocenters. The van der Waals surface area contributed by atoms with Gasteiger partial charge in [-0.15, -0.1) is 11.3 Å². The maximum Gasteiger partial charge on any atom is 0.417 e. The van der Waals surface area contributed by atoms with Crippen LogP contribution in [-0.2, 0) is 6.18 Å². The third-order valence-corrected chi connectivity index (χ3v) is 4.82. The molecule has 0 amide bonds. The molecule has 0 fully saturated rings. The lowest BCUT2D eigenvalue weighted by atomic mass is 10.0. The van der Waals surface area contributed by atoms with Gasteiger partial charge in [0, 0.05) is 5.56 Å². The number of benzene rings is 1. The summed E-state index contributed by atoms with van der Waals surface area (Å²) in [5.41, 5.74) is -1.32. The minimum atomic E-state index is -4.56. The molecule has 0 unspecified atom stereocenters. The summed E-state index contributed by atoms with van der Waals surface area (Å²) < 4.78 is 39.0.